The third kappa shape index (κ3) is 4.37. The highest BCUT2D eigenvalue weighted by Gasteiger charge is 2.36. The fourth-order valence-corrected chi connectivity index (χ4v) is 8.30. The summed E-state index contributed by atoms with van der Waals surface area (Å²) in [6, 6.07) is 0. The largest absolute Gasteiger partial charge is 0.295 e. The Bertz CT molecular complexity index is 808. The van der Waals surface area contributed by atoms with E-state index in [0.717, 1.165) is 36.8 Å². The van der Waals surface area contributed by atoms with E-state index >= 15 is 0 Å². The molecule has 0 atom stereocenters. The van der Waals surface area contributed by atoms with Crippen LogP contribution in [0.1, 0.15) is 142 Å². The van der Waals surface area contributed by atoms with Gasteiger partial charge in [0.1, 0.15) is 4.90 Å². The molecule has 0 amide bonds. The van der Waals surface area contributed by atoms with Crippen LogP contribution in [0.5, 0.6) is 0 Å². The van der Waals surface area contributed by atoms with Crippen molar-refractivity contribution in [2.24, 2.45) is 0 Å². The van der Waals surface area contributed by atoms with Gasteiger partial charge in [0.15, 0.2) is 0 Å². The number of rotatable bonds is 4. The normalized spacial score (nSPS) is 23.0. The molecule has 0 aromatic heterocycles. The maximum Gasteiger partial charge on any atom is 0.295 e. The molecular weight excluding hydrogens is 392 g/mol. The fourth-order valence-electron chi connectivity index (χ4n) is 7.10. The van der Waals surface area contributed by atoms with E-state index in [1.165, 1.54) is 87.3 Å². The van der Waals surface area contributed by atoms with Gasteiger partial charge in [-0.3, -0.25) is 4.55 Å². The zero-order valence-electron chi connectivity index (χ0n) is 19.0. The molecule has 3 aliphatic rings. The predicted octanol–water partition coefficient (Wildman–Crippen LogP) is 7.69. The lowest BCUT2D eigenvalue weighted by Gasteiger charge is -2.35. The van der Waals surface area contributed by atoms with E-state index in [0.29, 0.717) is 10.8 Å². The number of hydrogen-bond acceptors (Lipinski definition) is 2. The molecule has 0 spiro atoms. The van der Waals surface area contributed by atoms with Crippen LogP contribution in [0.3, 0.4) is 0 Å². The number of hydrogen-bond donors (Lipinski definition) is 1. The lowest BCUT2D eigenvalue weighted by molar-refractivity contribution is 0.410. The molecule has 0 saturated heterocycles. The van der Waals surface area contributed by atoms with Crippen molar-refractivity contribution in [1.82, 2.24) is 0 Å². The summed E-state index contributed by atoms with van der Waals surface area (Å²) in [5.41, 5.74) is 5.84. The zero-order chi connectivity index (χ0) is 21.3. The predicted molar refractivity (Wildman–Crippen MR) is 123 cm³/mol. The van der Waals surface area contributed by atoms with Gasteiger partial charge in [0.2, 0.25) is 0 Å². The van der Waals surface area contributed by atoms with Gasteiger partial charge in [0.05, 0.1) is 0 Å². The van der Waals surface area contributed by atoms with Gasteiger partial charge in [-0.05, 0) is 97.9 Å². The molecule has 3 fully saturated rings. The van der Waals surface area contributed by atoms with Crippen LogP contribution < -0.4 is 0 Å². The molecule has 1 N–H and O–H groups in total. The van der Waals surface area contributed by atoms with Gasteiger partial charge < -0.3 is 0 Å². The molecule has 0 unspecified atom stereocenters. The van der Waals surface area contributed by atoms with E-state index in [4.69, 9.17) is 0 Å². The molecule has 1 aromatic carbocycles. The first-order chi connectivity index (χ1) is 14.4. The smallest absolute Gasteiger partial charge is 0.282 e. The second-order valence-electron chi connectivity index (χ2n) is 10.3. The van der Waals surface area contributed by atoms with Crippen LogP contribution in [0, 0.1) is 13.8 Å². The minimum Gasteiger partial charge on any atom is -0.282 e. The second-order valence-corrected chi connectivity index (χ2v) is 11.7. The Balaban J connectivity index is 1.98. The summed E-state index contributed by atoms with van der Waals surface area (Å²) < 4.78 is 36.3. The summed E-state index contributed by atoms with van der Waals surface area (Å²) in [5, 5.41) is 0. The van der Waals surface area contributed by atoms with Crippen molar-refractivity contribution < 1.29 is 13.0 Å². The lowest BCUT2D eigenvalue weighted by Crippen LogP contribution is -2.22. The first kappa shape index (κ1) is 22.3. The zero-order valence-corrected chi connectivity index (χ0v) is 19.8. The van der Waals surface area contributed by atoms with E-state index in [9.17, 15) is 13.0 Å². The molecule has 0 radical (unpaired) electrons. The van der Waals surface area contributed by atoms with E-state index in [2.05, 4.69) is 13.8 Å². The SMILES string of the molecule is Cc1c(C2CCCCC2)c(C)c(C2CCCCC2)c(S(=O)(=O)O)c1C1CCCCC1. The third-order valence-electron chi connectivity index (χ3n) is 8.40. The first-order valence-electron chi connectivity index (χ1n) is 12.5. The van der Waals surface area contributed by atoms with E-state index in [1.807, 2.05) is 0 Å². The van der Waals surface area contributed by atoms with Crippen LogP contribution in [0.4, 0.5) is 0 Å². The Morgan fingerprint density at radius 3 is 1.17 bits per heavy atom. The summed E-state index contributed by atoms with van der Waals surface area (Å²) in [6.45, 7) is 4.33. The molecule has 3 nitrogen and oxygen atoms in total. The molecule has 4 heteroatoms. The molecule has 0 heterocycles. The molecule has 0 bridgehead atoms. The van der Waals surface area contributed by atoms with Gasteiger partial charge >= 0.3 is 0 Å². The molecule has 30 heavy (non-hydrogen) atoms. The fraction of sp³-hybridized carbons (Fsp3) is 0.769. The topological polar surface area (TPSA) is 54.4 Å². The van der Waals surface area contributed by atoms with Crippen LogP contribution in [0.2, 0.25) is 0 Å². The Morgan fingerprint density at radius 2 is 0.867 bits per heavy atom. The molecule has 3 saturated carbocycles. The standard InChI is InChI=1S/C26H40O3S/c1-18-23(20-12-6-3-7-13-20)19(2)25(22-16-10-5-11-17-22)26(30(27,28)29)24(18)21-14-8-4-9-15-21/h20-22H,3-17H2,1-2H3,(H,27,28,29). The molecule has 168 valence electrons. The van der Waals surface area contributed by atoms with E-state index < -0.39 is 10.1 Å². The van der Waals surface area contributed by atoms with E-state index in [-0.39, 0.29) is 11.8 Å². The van der Waals surface area contributed by atoms with Crippen molar-refractivity contribution in [3.8, 4) is 0 Å². The monoisotopic (exact) mass is 432 g/mol. The summed E-state index contributed by atoms with van der Waals surface area (Å²) >= 11 is 0. The highest BCUT2D eigenvalue weighted by molar-refractivity contribution is 7.86. The van der Waals surface area contributed by atoms with Crippen molar-refractivity contribution in [3.05, 3.63) is 27.8 Å². The van der Waals surface area contributed by atoms with Gasteiger partial charge in [-0.2, -0.15) is 8.42 Å². The van der Waals surface area contributed by atoms with Gasteiger partial charge in [-0.1, -0.05) is 57.8 Å². The van der Waals surface area contributed by atoms with Crippen molar-refractivity contribution in [3.63, 3.8) is 0 Å². The summed E-state index contributed by atoms with van der Waals surface area (Å²) in [6.07, 6.45) is 17.7. The quantitative estimate of drug-likeness (QED) is 0.496. The Labute approximate surface area is 183 Å². The lowest BCUT2D eigenvalue weighted by atomic mass is 9.71. The number of benzene rings is 1. The molecule has 4 rings (SSSR count). The third-order valence-corrected chi connectivity index (χ3v) is 9.36. The van der Waals surface area contributed by atoms with Gasteiger partial charge in [-0.25, -0.2) is 0 Å². The van der Waals surface area contributed by atoms with Crippen molar-refractivity contribution in [2.45, 2.75) is 133 Å². The van der Waals surface area contributed by atoms with Crippen LogP contribution >= 0.6 is 0 Å². The summed E-state index contributed by atoms with van der Waals surface area (Å²) in [7, 11) is -4.26. The van der Waals surface area contributed by atoms with Gasteiger partial charge in [0, 0.05) is 0 Å². The van der Waals surface area contributed by atoms with E-state index in [1.54, 1.807) is 0 Å². The highest BCUT2D eigenvalue weighted by Crippen LogP contribution is 2.49. The molecular formula is C26H40O3S. The first-order valence-corrected chi connectivity index (χ1v) is 14.0. The summed E-state index contributed by atoms with van der Waals surface area (Å²) in [4.78, 5) is 0.329. The second kappa shape index (κ2) is 9.32. The van der Waals surface area contributed by atoms with Crippen LogP contribution in [-0.4, -0.2) is 13.0 Å². The van der Waals surface area contributed by atoms with Crippen LogP contribution in [-0.2, 0) is 10.1 Å². The van der Waals surface area contributed by atoms with Gasteiger partial charge in [0.25, 0.3) is 10.1 Å². The van der Waals surface area contributed by atoms with Crippen LogP contribution in [0.25, 0.3) is 0 Å². The average molecular weight is 433 g/mol. The summed E-state index contributed by atoms with van der Waals surface area (Å²) in [5.74, 6) is 1.11. The Morgan fingerprint density at radius 1 is 0.567 bits per heavy atom. The van der Waals surface area contributed by atoms with Crippen molar-refractivity contribution >= 4 is 10.1 Å². The minimum atomic E-state index is -4.26. The van der Waals surface area contributed by atoms with Gasteiger partial charge in [-0.15, -0.1) is 0 Å². The maximum atomic E-state index is 12.9. The average Bonchev–Trinajstić information content (AvgIpc) is 2.75. The van der Waals surface area contributed by atoms with Crippen molar-refractivity contribution in [2.75, 3.05) is 0 Å². The minimum absolute atomic E-state index is 0.279. The van der Waals surface area contributed by atoms with Crippen LogP contribution in [0.15, 0.2) is 4.90 Å². The maximum absolute atomic E-state index is 12.9. The highest BCUT2D eigenvalue weighted by atomic mass is 32.2. The van der Waals surface area contributed by atoms with Crippen molar-refractivity contribution in [1.29, 1.82) is 0 Å². The molecule has 1 aromatic rings. The Hall–Kier alpha value is -0.870. The Kier molecular flexibility index (Phi) is 6.94. The molecule has 0 aliphatic heterocycles. The molecule has 3 aliphatic carbocycles.